The molecule has 1 aliphatic heterocycles. The Balaban J connectivity index is 1.40. The lowest BCUT2D eigenvalue weighted by molar-refractivity contribution is -0.123. The normalized spacial score (nSPS) is 21.1. The summed E-state index contributed by atoms with van der Waals surface area (Å²) in [5.41, 5.74) is 2.56. The van der Waals surface area contributed by atoms with Crippen molar-refractivity contribution < 1.29 is 4.79 Å². The van der Waals surface area contributed by atoms with Crippen LogP contribution in [0.15, 0.2) is 24.3 Å². The van der Waals surface area contributed by atoms with Gasteiger partial charge in [-0.15, -0.1) is 0 Å². The van der Waals surface area contributed by atoms with Crippen molar-refractivity contribution in [1.82, 2.24) is 15.1 Å². The number of hydrogen-bond donors (Lipinski definition) is 1. The summed E-state index contributed by atoms with van der Waals surface area (Å²) in [5, 5.41) is 3.18. The van der Waals surface area contributed by atoms with E-state index in [9.17, 15) is 4.79 Å². The molecular weight excluding hydrogens is 334 g/mol. The lowest BCUT2D eigenvalue weighted by Gasteiger charge is -2.40. The monoisotopic (exact) mass is 371 g/mol. The van der Waals surface area contributed by atoms with E-state index >= 15 is 0 Å². The van der Waals surface area contributed by atoms with Gasteiger partial charge < -0.3 is 5.32 Å². The van der Waals surface area contributed by atoms with Crippen LogP contribution in [0.25, 0.3) is 0 Å². The largest absolute Gasteiger partial charge is 0.348 e. The zero-order valence-corrected chi connectivity index (χ0v) is 17.3. The minimum absolute atomic E-state index is 0.0664. The Labute approximate surface area is 165 Å². The molecule has 1 atom stereocenters. The van der Waals surface area contributed by atoms with E-state index in [4.69, 9.17) is 0 Å². The first kappa shape index (κ1) is 20.3. The van der Waals surface area contributed by atoms with Gasteiger partial charge in [-0.3, -0.25) is 14.6 Å². The van der Waals surface area contributed by atoms with Gasteiger partial charge in [0.2, 0.25) is 5.91 Å². The molecule has 2 fully saturated rings. The number of piperazine rings is 1. The summed E-state index contributed by atoms with van der Waals surface area (Å²) in [4.78, 5) is 17.5. The summed E-state index contributed by atoms with van der Waals surface area (Å²) < 4.78 is 0. The molecule has 1 aromatic rings. The Hall–Kier alpha value is -1.39. The highest BCUT2D eigenvalue weighted by Gasteiger charge is 2.26. The summed E-state index contributed by atoms with van der Waals surface area (Å²) >= 11 is 0. The van der Waals surface area contributed by atoms with Crippen LogP contribution in [0.3, 0.4) is 0 Å². The summed E-state index contributed by atoms with van der Waals surface area (Å²) in [6.07, 6.45) is 9.23. The number of amides is 1. The average molecular weight is 372 g/mol. The third-order valence-corrected chi connectivity index (χ3v) is 6.26. The van der Waals surface area contributed by atoms with Crippen molar-refractivity contribution >= 4 is 5.91 Å². The van der Waals surface area contributed by atoms with E-state index in [1.165, 1.54) is 49.7 Å². The van der Waals surface area contributed by atoms with E-state index in [0.29, 0.717) is 6.54 Å². The second-order valence-electron chi connectivity index (χ2n) is 8.38. The van der Waals surface area contributed by atoms with Crippen molar-refractivity contribution in [2.24, 2.45) is 0 Å². The van der Waals surface area contributed by atoms with E-state index in [1.54, 1.807) is 0 Å². The standard InChI is InChI=1S/C23H37N3O/c1-3-7-20-10-12-21(13-11-20)19(2)24-23(27)18-25-14-16-26(17-15-25)22-8-5-4-6-9-22/h10-13,19,22H,3-9,14-18H2,1-2H3,(H,24,27)/t19-/m1/s1. The van der Waals surface area contributed by atoms with Gasteiger partial charge in [0.1, 0.15) is 0 Å². The van der Waals surface area contributed by atoms with Crippen LogP contribution in [0.5, 0.6) is 0 Å². The van der Waals surface area contributed by atoms with Crippen LogP contribution in [0.4, 0.5) is 0 Å². The molecule has 0 aromatic heterocycles. The third kappa shape index (κ3) is 6.05. The fourth-order valence-electron chi connectivity index (χ4n) is 4.57. The fraction of sp³-hybridized carbons (Fsp3) is 0.696. The van der Waals surface area contributed by atoms with Gasteiger partial charge in [0.15, 0.2) is 0 Å². The first-order chi connectivity index (χ1) is 13.2. The molecule has 4 heteroatoms. The van der Waals surface area contributed by atoms with Crippen molar-refractivity contribution in [1.29, 1.82) is 0 Å². The Kier molecular flexibility index (Phi) is 7.71. The molecule has 1 saturated carbocycles. The van der Waals surface area contributed by atoms with Gasteiger partial charge in [0.05, 0.1) is 12.6 Å². The molecule has 0 bridgehead atoms. The molecule has 150 valence electrons. The Bertz CT molecular complexity index is 572. The maximum Gasteiger partial charge on any atom is 0.234 e. The predicted molar refractivity (Wildman–Crippen MR) is 112 cm³/mol. The van der Waals surface area contributed by atoms with E-state index in [-0.39, 0.29) is 11.9 Å². The fourth-order valence-corrected chi connectivity index (χ4v) is 4.57. The van der Waals surface area contributed by atoms with E-state index in [0.717, 1.165) is 38.6 Å². The van der Waals surface area contributed by atoms with Crippen molar-refractivity contribution in [2.75, 3.05) is 32.7 Å². The zero-order chi connectivity index (χ0) is 19.1. The summed E-state index contributed by atoms with van der Waals surface area (Å²) in [6.45, 7) is 9.07. The highest BCUT2D eigenvalue weighted by Crippen LogP contribution is 2.23. The second-order valence-corrected chi connectivity index (χ2v) is 8.38. The molecule has 1 saturated heterocycles. The SMILES string of the molecule is CCCc1ccc([C@@H](C)NC(=O)CN2CCN(C3CCCCC3)CC2)cc1. The number of nitrogens with one attached hydrogen (secondary N) is 1. The number of rotatable bonds is 7. The molecule has 1 aromatic carbocycles. The highest BCUT2D eigenvalue weighted by molar-refractivity contribution is 5.78. The van der Waals surface area contributed by atoms with Crippen LogP contribution in [0.1, 0.15) is 69.5 Å². The number of benzene rings is 1. The first-order valence-corrected chi connectivity index (χ1v) is 11.0. The molecule has 1 aliphatic carbocycles. The maximum atomic E-state index is 12.5. The Morgan fingerprint density at radius 1 is 1.07 bits per heavy atom. The van der Waals surface area contributed by atoms with E-state index in [1.807, 2.05) is 0 Å². The topological polar surface area (TPSA) is 35.6 Å². The van der Waals surface area contributed by atoms with Crippen molar-refractivity contribution in [3.8, 4) is 0 Å². The molecule has 0 unspecified atom stereocenters. The van der Waals surface area contributed by atoms with Crippen LogP contribution in [-0.2, 0) is 11.2 Å². The molecule has 0 radical (unpaired) electrons. The molecule has 2 aliphatic rings. The third-order valence-electron chi connectivity index (χ3n) is 6.26. The zero-order valence-electron chi connectivity index (χ0n) is 17.3. The van der Waals surface area contributed by atoms with Gasteiger partial charge in [-0.25, -0.2) is 0 Å². The number of carbonyl (C=O) groups is 1. The van der Waals surface area contributed by atoms with E-state index in [2.05, 4.69) is 53.2 Å². The smallest absolute Gasteiger partial charge is 0.234 e. The van der Waals surface area contributed by atoms with Gasteiger partial charge in [-0.05, 0) is 37.3 Å². The number of aryl methyl sites for hydroxylation is 1. The van der Waals surface area contributed by atoms with Gasteiger partial charge in [-0.1, -0.05) is 56.9 Å². The maximum absolute atomic E-state index is 12.5. The quantitative estimate of drug-likeness (QED) is 0.792. The summed E-state index contributed by atoms with van der Waals surface area (Å²) in [7, 11) is 0. The summed E-state index contributed by atoms with van der Waals surface area (Å²) in [6, 6.07) is 9.54. The molecule has 1 heterocycles. The number of nitrogens with zero attached hydrogens (tertiary/aromatic N) is 2. The van der Waals surface area contributed by atoms with Crippen LogP contribution in [0, 0.1) is 0 Å². The van der Waals surface area contributed by atoms with Crippen LogP contribution >= 0.6 is 0 Å². The molecule has 4 nitrogen and oxygen atoms in total. The van der Waals surface area contributed by atoms with Gasteiger partial charge in [0, 0.05) is 32.2 Å². The number of carbonyl (C=O) groups excluding carboxylic acids is 1. The predicted octanol–water partition coefficient (Wildman–Crippen LogP) is 3.77. The van der Waals surface area contributed by atoms with Crippen LogP contribution in [-0.4, -0.2) is 54.5 Å². The first-order valence-electron chi connectivity index (χ1n) is 11.0. The lowest BCUT2D eigenvalue weighted by Crippen LogP contribution is -2.52. The molecular formula is C23H37N3O. The summed E-state index contributed by atoms with van der Waals surface area (Å²) in [5.74, 6) is 0.145. The minimum atomic E-state index is 0.0664. The van der Waals surface area contributed by atoms with Gasteiger partial charge in [0.25, 0.3) is 0 Å². The van der Waals surface area contributed by atoms with Crippen molar-refractivity contribution in [2.45, 2.75) is 70.9 Å². The second kappa shape index (κ2) is 10.2. The molecule has 1 amide bonds. The number of hydrogen-bond acceptors (Lipinski definition) is 3. The highest BCUT2D eigenvalue weighted by atomic mass is 16.2. The molecule has 1 N–H and O–H groups in total. The lowest BCUT2D eigenvalue weighted by atomic mass is 9.94. The van der Waals surface area contributed by atoms with Gasteiger partial charge >= 0.3 is 0 Å². The van der Waals surface area contributed by atoms with Crippen LogP contribution < -0.4 is 5.32 Å². The van der Waals surface area contributed by atoms with Crippen LogP contribution in [0.2, 0.25) is 0 Å². The molecule has 27 heavy (non-hydrogen) atoms. The van der Waals surface area contributed by atoms with Crippen molar-refractivity contribution in [3.05, 3.63) is 35.4 Å². The Morgan fingerprint density at radius 2 is 1.74 bits per heavy atom. The van der Waals surface area contributed by atoms with Crippen molar-refractivity contribution in [3.63, 3.8) is 0 Å². The molecule has 3 rings (SSSR count). The van der Waals surface area contributed by atoms with Gasteiger partial charge in [-0.2, -0.15) is 0 Å². The van der Waals surface area contributed by atoms with E-state index < -0.39 is 0 Å². The molecule has 0 spiro atoms. The minimum Gasteiger partial charge on any atom is -0.348 e. The Morgan fingerprint density at radius 3 is 2.37 bits per heavy atom. The average Bonchev–Trinajstić information content (AvgIpc) is 2.70.